The number of ether oxygens (including phenoxy) is 2. The fraction of sp³-hybridized carbons (Fsp3) is 0.667. The maximum atomic E-state index is 5.28. The van der Waals surface area contributed by atoms with Crippen LogP contribution in [0.15, 0.2) is 16.6 Å². The van der Waals surface area contributed by atoms with E-state index in [4.69, 9.17) is 9.47 Å². The Balaban J connectivity index is 2.99. The summed E-state index contributed by atoms with van der Waals surface area (Å²) in [4.78, 5) is 6.29. The third-order valence-corrected chi connectivity index (χ3v) is 2.24. The van der Waals surface area contributed by atoms with Crippen molar-refractivity contribution in [1.29, 1.82) is 0 Å². The fourth-order valence-corrected chi connectivity index (χ4v) is 1.43. The van der Waals surface area contributed by atoms with Gasteiger partial charge in [0, 0.05) is 14.2 Å². The minimum absolute atomic E-state index is 0.0705. The van der Waals surface area contributed by atoms with E-state index in [-0.39, 0.29) is 6.23 Å². The lowest BCUT2D eigenvalue weighted by Crippen LogP contribution is -2.40. The molecule has 0 aromatic heterocycles. The molecule has 0 saturated heterocycles. The first-order valence-corrected chi connectivity index (χ1v) is 4.17. The van der Waals surface area contributed by atoms with Crippen LogP contribution in [0.2, 0.25) is 0 Å². The molecule has 0 radical (unpaired) electrons. The first-order valence-electron chi connectivity index (χ1n) is 4.17. The Hall–Kier alpha value is -1.03. The molecule has 1 heterocycles. The summed E-state index contributed by atoms with van der Waals surface area (Å²) in [5.74, 6) is 0.660. The second kappa shape index (κ2) is 3.79. The predicted molar refractivity (Wildman–Crippen MR) is 51.4 cm³/mol. The molecule has 1 unspecified atom stereocenters. The summed E-state index contributed by atoms with van der Waals surface area (Å²) in [6.07, 6.45) is -0.0705. The van der Waals surface area contributed by atoms with Gasteiger partial charge in [-0.3, -0.25) is 0 Å². The van der Waals surface area contributed by atoms with Crippen molar-refractivity contribution in [3.63, 3.8) is 0 Å². The predicted octanol–water partition coefficient (Wildman–Crippen LogP) is 1.20. The number of rotatable bonds is 2. The molecule has 0 aromatic carbocycles. The molecular formula is C9H16N2O2. The standard InChI is InChI=1S/C9H16N2O2/c1-6-9(13-5)11(3)7(2)8(10-6)12-4/h9H,1-5H3. The number of allylic oxidation sites excluding steroid dienone is 1. The summed E-state index contributed by atoms with van der Waals surface area (Å²) in [6.45, 7) is 3.89. The van der Waals surface area contributed by atoms with Gasteiger partial charge in [-0.25, -0.2) is 4.99 Å². The molecular weight excluding hydrogens is 168 g/mol. The highest BCUT2D eigenvalue weighted by molar-refractivity contribution is 5.87. The quantitative estimate of drug-likeness (QED) is 0.646. The van der Waals surface area contributed by atoms with Crippen LogP contribution in [0.25, 0.3) is 0 Å². The number of hydrogen-bond donors (Lipinski definition) is 0. The molecule has 0 bridgehead atoms. The van der Waals surface area contributed by atoms with Crippen molar-refractivity contribution in [2.75, 3.05) is 21.3 Å². The van der Waals surface area contributed by atoms with Crippen LogP contribution < -0.4 is 0 Å². The zero-order chi connectivity index (χ0) is 10.0. The van der Waals surface area contributed by atoms with Gasteiger partial charge in [-0.15, -0.1) is 0 Å². The van der Waals surface area contributed by atoms with E-state index < -0.39 is 0 Å². The molecule has 0 aliphatic carbocycles. The maximum Gasteiger partial charge on any atom is 0.232 e. The Labute approximate surface area is 78.8 Å². The smallest absolute Gasteiger partial charge is 0.232 e. The molecule has 74 valence electrons. The number of aliphatic imine (C=N–C) groups is 1. The topological polar surface area (TPSA) is 34.1 Å². The van der Waals surface area contributed by atoms with E-state index in [1.807, 2.05) is 25.8 Å². The highest BCUT2D eigenvalue weighted by Crippen LogP contribution is 2.20. The molecule has 1 atom stereocenters. The van der Waals surface area contributed by atoms with Crippen LogP contribution in [0.4, 0.5) is 0 Å². The minimum atomic E-state index is -0.0705. The average molecular weight is 184 g/mol. The van der Waals surface area contributed by atoms with Crippen molar-refractivity contribution >= 4 is 5.71 Å². The van der Waals surface area contributed by atoms with Crippen LogP contribution in [-0.4, -0.2) is 38.1 Å². The molecule has 4 nitrogen and oxygen atoms in total. The van der Waals surface area contributed by atoms with Gasteiger partial charge in [-0.05, 0) is 13.8 Å². The van der Waals surface area contributed by atoms with Gasteiger partial charge in [0.15, 0.2) is 6.23 Å². The first-order chi connectivity index (χ1) is 6.11. The summed E-state index contributed by atoms with van der Waals surface area (Å²) >= 11 is 0. The molecule has 0 N–H and O–H groups in total. The SMILES string of the molecule is COC1=C(C)N(C)C(OC)C(C)=N1. The van der Waals surface area contributed by atoms with E-state index >= 15 is 0 Å². The molecule has 1 aliphatic heterocycles. The molecule has 13 heavy (non-hydrogen) atoms. The van der Waals surface area contributed by atoms with Crippen molar-refractivity contribution in [2.24, 2.45) is 4.99 Å². The Kier molecular flexibility index (Phi) is 2.93. The molecule has 0 amide bonds. The van der Waals surface area contributed by atoms with Crippen LogP contribution in [0.5, 0.6) is 0 Å². The van der Waals surface area contributed by atoms with Gasteiger partial charge in [0.1, 0.15) is 0 Å². The number of methoxy groups -OCH3 is 2. The zero-order valence-electron chi connectivity index (χ0n) is 8.79. The lowest BCUT2D eigenvalue weighted by atomic mass is 10.2. The molecule has 0 saturated carbocycles. The van der Waals surface area contributed by atoms with Gasteiger partial charge >= 0.3 is 0 Å². The summed E-state index contributed by atoms with van der Waals surface area (Å²) < 4.78 is 10.4. The van der Waals surface area contributed by atoms with E-state index in [1.54, 1.807) is 14.2 Å². The third-order valence-electron chi connectivity index (χ3n) is 2.24. The fourth-order valence-electron chi connectivity index (χ4n) is 1.43. The molecule has 1 aliphatic rings. The Morgan fingerprint density at radius 3 is 2.38 bits per heavy atom. The third kappa shape index (κ3) is 1.67. The lowest BCUT2D eigenvalue weighted by Gasteiger charge is -2.32. The van der Waals surface area contributed by atoms with Crippen LogP contribution in [0.3, 0.4) is 0 Å². The molecule has 0 spiro atoms. The highest BCUT2D eigenvalue weighted by atomic mass is 16.5. The van der Waals surface area contributed by atoms with Gasteiger partial charge in [-0.2, -0.15) is 0 Å². The van der Waals surface area contributed by atoms with Crippen molar-refractivity contribution in [2.45, 2.75) is 20.1 Å². The molecule has 0 aromatic rings. The molecule has 0 fully saturated rings. The molecule has 1 rings (SSSR count). The van der Waals surface area contributed by atoms with Crippen LogP contribution in [0.1, 0.15) is 13.8 Å². The van der Waals surface area contributed by atoms with Crippen molar-refractivity contribution in [1.82, 2.24) is 4.90 Å². The summed E-state index contributed by atoms with van der Waals surface area (Å²) in [5, 5.41) is 0. The largest absolute Gasteiger partial charge is 0.480 e. The Morgan fingerprint density at radius 1 is 1.31 bits per heavy atom. The average Bonchev–Trinajstić information content (AvgIpc) is 2.12. The van der Waals surface area contributed by atoms with Gasteiger partial charge in [0.2, 0.25) is 5.88 Å². The van der Waals surface area contributed by atoms with Gasteiger partial charge in [0.05, 0.1) is 18.5 Å². The lowest BCUT2D eigenvalue weighted by molar-refractivity contribution is 0.0450. The number of hydrogen-bond acceptors (Lipinski definition) is 4. The summed E-state index contributed by atoms with van der Waals surface area (Å²) in [7, 11) is 5.25. The van der Waals surface area contributed by atoms with Crippen molar-refractivity contribution < 1.29 is 9.47 Å². The van der Waals surface area contributed by atoms with Crippen molar-refractivity contribution in [3.8, 4) is 0 Å². The van der Waals surface area contributed by atoms with Gasteiger partial charge in [0.25, 0.3) is 0 Å². The van der Waals surface area contributed by atoms with Crippen LogP contribution in [-0.2, 0) is 9.47 Å². The van der Waals surface area contributed by atoms with E-state index in [0.29, 0.717) is 5.88 Å². The summed E-state index contributed by atoms with van der Waals surface area (Å²) in [6, 6.07) is 0. The second-order valence-corrected chi connectivity index (χ2v) is 3.05. The van der Waals surface area contributed by atoms with E-state index in [2.05, 4.69) is 4.99 Å². The van der Waals surface area contributed by atoms with E-state index in [9.17, 15) is 0 Å². The highest BCUT2D eigenvalue weighted by Gasteiger charge is 2.24. The maximum absolute atomic E-state index is 5.28. The monoisotopic (exact) mass is 184 g/mol. The summed E-state index contributed by atoms with van der Waals surface area (Å²) in [5.41, 5.74) is 1.90. The Morgan fingerprint density at radius 2 is 1.92 bits per heavy atom. The van der Waals surface area contributed by atoms with Crippen LogP contribution in [0, 0.1) is 0 Å². The minimum Gasteiger partial charge on any atom is -0.480 e. The molecule has 4 heteroatoms. The van der Waals surface area contributed by atoms with Gasteiger partial charge < -0.3 is 14.4 Å². The second-order valence-electron chi connectivity index (χ2n) is 3.05. The van der Waals surface area contributed by atoms with E-state index in [1.165, 1.54) is 0 Å². The van der Waals surface area contributed by atoms with Crippen molar-refractivity contribution in [3.05, 3.63) is 11.6 Å². The van der Waals surface area contributed by atoms with Crippen LogP contribution >= 0.6 is 0 Å². The van der Waals surface area contributed by atoms with E-state index in [0.717, 1.165) is 11.4 Å². The first kappa shape index (κ1) is 10.1. The normalized spacial score (nSPS) is 23.3. The zero-order valence-corrected chi connectivity index (χ0v) is 8.79. The van der Waals surface area contributed by atoms with Gasteiger partial charge in [-0.1, -0.05) is 0 Å². The Bertz CT molecular complexity index is 258. The number of nitrogens with zero attached hydrogens (tertiary/aromatic N) is 2.